The van der Waals surface area contributed by atoms with Crippen molar-refractivity contribution in [2.24, 2.45) is 0 Å². The number of nitrogens with zero attached hydrogens (tertiary/aromatic N) is 2. The van der Waals surface area contributed by atoms with Crippen LogP contribution in [0.5, 0.6) is 11.5 Å². The second-order valence-corrected chi connectivity index (χ2v) is 6.85. The molecule has 1 heterocycles. The highest BCUT2D eigenvalue weighted by Gasteiger charge is 2.20. The molecular weight excluding hydrogens is 360 g/mol. The Hall–Kier alpha value is -3.00. The molecule has 0 bridgehead atoms. The van der Waals surface area contributed by atoms with Crippen LogP contribution in [0.1, 0.15) is 0 Å². The average Bonchev–Trinajstić information content (AvgIpc) is 2.72. The van der Waals surface area contributed by atoms with Crippen LogP contribution in [0.2, 0.25) is 0 Å². The molecule has 8 nitrogen and oxygen atoms in total. The Labute approximate surface area is 164 Å². The van der Waals surface area contributed by atoms with E-state index in [1.807, 2.05) is 36.4 Å². The van der Waals surface area contributed by atoms with Gasteiger partial charge in [-0.2, -0.15) is 0 Å². The molecule has 0 amide bonds. The minimum absolute atomic E-state index is 0.0768. The fourth-order valence-corrected chi connectivity index (χ4v) is 3.19. The molecule has 150 valence electrons. The Kier molecular flexibility index (Phi) is 6.54. The first-order valence-corrected chi connectivity index (χ1v) is 9.42. The second kappa shape index (κ2) is 9.27. The number of hydrogen-bond acceptors (Lipinski definition) is 6. The summed E-state index contributed by atoms with van der Waals surface area (Å²) in [5, 5.41) is 14.5. The van der Waals surface area contributed by atoms with Crippen LogP contribution in [-0.4, -0.2) is 58.4 Å². The summed E-state index contributed by atoms with van der Waals surface area (Å²) in [6.07, 6.45) is 0. The van der Waals surface area contributed by atoms with E-state index in [1.165, 1.54) is 4.90 Å². The summed E-state index contributed by atoms with van der Waals surface area (Å²) in [5.74, 6) is 1.49. The van der Waals surface area contributed by atoms with Gasteiger partial charge in [0.05, 0.1) is 45.3 Å². The highest BCUT2D eigenvalue weighted by Crippen LogP contribution is 2.29. The number of nitrogens with one attached hydrogen (secondary N) is 2. The zero-order chi connectivity index (χ0) is 19.9. The van der Waals surface area contributed by atoms with Crippen LogP contribution in [0.4, 0.5) is 17.1 Å². The maximum atomic E-state index is 11.4. The van der Waals surface area contributed by atoms with Crippen molar-refractivity contribution >= 4 is 17.1 Å². The number of ether oxygens (including phenoxy) is 2. The van der Waals surface area contributed by atoms with E-state index < -0.39 is 0 Å². The van der Waals surface area contributed by atoms with Crippen LogP contribution in [0, 0.1) is 10.1 Å². The summed E-state index contributed by atoms with van der Waals surface area (Å²) in [6, 6.07) is 12.6. The highest BCUT2D eigenvalue weighted by molar-refractivity contribution is 5.69. The van der Waals surface area contributed by atoms with Crippen molar-refractivity contribution in [3.63, 3.8) is 0 Å². The third-order valence-electron chi connectivity index (χ3n) is 4.90. The molecule has 2 aromatic carbocycles. The highest BCUT2D eigenvalue weighted by atomic mass is 16.6. The van der Waals surface area contributed by atoms with Gasteiger partial charge in [-0.1, -0.05) is 0 Å². The van der Waals surface area contributed by atoms with E-state index in [0.717, 1.165) is 43.4 Å². The molecule has 1 aliphatic rings. The molecule has 1 saturated heterocycles. The number of benzene rings is 2. The zero-order valence-corrected chi connectivity index (χ0v) is 16.3. The molecule has 0 saturated carbocycles. The maximum absolute atomic E-state index is 11.4. The Balaban J connectivity index is 1.60. The lowest BCUT2D eigenvalue weighted by Gasteiger charge is -2.32. The number of nitro benzene ring substituents is 1. The smallest absolute Gasteiger partial charge is 0.292 e. The SMILES string of the molecule is COc1ccc(OCCNc2cc(N3CC[NH+](C)CC3)ccc2[N+](=O)[O-])cc1. The molecule has 0 atom stereocenters. The van der Waals surface area contributed by atoms with Crippen molar-refractivity contribution in [3.8, 4) is 11.5 Å². The van der Waals surface area contributed by atoms with Crippen LogP contribution >= 0.6 is 0 Å². The van der Waals surface area contributed by atoms with Gasteiger partial charge in [0, 0.05) is 18.3 Å². The summed E-state index contributed by atoms with van der Waals surface area (Å²) < 4.78 is 10.8. The van der Waals surface area contributed by atoms with Gasteiger partial charge in [-0.25, -0.2) is 0 Å². The Morgan fingerprint density at radius 2 is 1.82 bits per heavy atom. The van der Waals surface area contributed by atoms with E-state index in [9.17, 15) is 10.1 Å². The summed E-state index contributed by atoms with van der Waals surface area (Å²) >= 11 is 0. The predicted molar refractivity (Wildman–Crippen MR) is 109 cm³/mol. The average molecular weight is 387 g/mol. The van der Waals surface area contributed by atoms with Gasteiger partial charge in [-0.05, 0) is 36.4 Å². The molecule has 1 aliphatic heterocycles. The molecule has 3 rings (SSSR count). The molecule has 2 aromatic rings. The third-order valence-corrected chi connectivity index (χ3v) is 4.90. The molecule has 0 aromatic heterocycles. The van der Waals surface area contributed by atoms with Crippen LogP contribution < -0.4 is 24.6 Å². The minimum atomic E-state index is -0.357. The lowest BCUT2D eigenvalue weighted by Crippen LogP contribution is -3.12. The van der Waals surface area contributed by atoms with E-state index in [1.54, 1.807) is 13.2 Å². The molecule has 28 heavy (non-hydrogen) atoms. The first-order valence-electron chi connectivity index (χ1n) is 9.42. The van der Waals surface area contributed by atoms with Crippen molar-refractivity contribution in [2.45, 2.75) is 0 Å². The van der Waals surface area contributed by atoms with E-state index in [4.69, 9.17) is 9.47 Å². The first-order chi connectivity index (χ1) is 13.6. The number of rotatable bonds is 8. The number of methoxy groups -OCH3 is 1. The number of nitro groups is 1. The predicted octanol–water partition coefficient (Wildman–Crippen LogP) is 1.43. The summed E-state index contributed by atoms with van der Waals surface area (Å²) in [5.41, 5.74) is 1.61. The fourth-order valence-electron chi connectivity index (χ4n) is 3.19. The van der Waals surface area contributed by atoms with E-state index >= 15 is 0 Å². The van der Waals surface area contributed by atoms with Gasteiger partial charge < -0.3 is 24.6 Å². The molecule has 1 fully saturated rings. The molecule has 0 aliphatic carbocycles. The number of anilines is 2. The van der Waals surface area contributed by atoms with Crippen LogP contribution in [0.25, 0.3) is 0 Å². The number of hydrogen-bond donors (Lipinski definition) is 2. The molecule has 0 spiro atoms. The maximum Gasteiger partial charge on any atom is 0.292 e. The first kappa shape index (κ1) is 19.8. The van der Waals surface area contributed by atoms with Gasteiger partial charge in [0.25, 0.3) is 5.69 Å². The van der Waals surface area contributed by atoms with Crippen LogP contribution in [-0.2, 0) is 0 Å². The van der Waals surface area contributed by atoms with Gasteiger partial charge in [-0.15, -0.1) is 0 Å². The fraction of sp³-hybridized carbons (Fsp3) is 0.400. The van der Waals surface area contributed by atoms with Crippen molar-refractivity contribution < 1.29 is 19.3 Å². The van der Waals surface area contributed by atoms with Crippen molar-refractivity contribution in [1.82, 2.24) is 0 Å². The lowest BCUT2D eigenvalue weighted by molar-refractivity contribution is -0.880. The van der Waals surface area contributed by atoms with Crippen LogP contribution in [0.3, 0.4) is 0 Å². The Morgan fingerprint density at radius 3 is 2.46 bits per heavy atom. The topological polar surface area (TPSA) is 81.3 Å². The largest absolute Gasteiger partial charge is 0.497 e. The second-order valence-electron chi connectivity index (χ2n) is 6.85. The Bertz CT molecular complexity index is 789. The van der Waals surface area contributed by atoms with E-state index in [-0.39, 0.29) is 10.6 Å². The lowest BCUT2D eigenvalue weighted by atomic mass is 10.2. The minimum Gasteiger partial charge on any atom is -0.497 e. The zero-order valence-electron chi connectivity index (χ0n) is 16.3. The van der Waals surface area contributed by atoms with E-state index in [0.29, 0.717) is 18.8 Å². The van der Waals surface area contributed by atoms with Crippen LogP contribution in [0.15, 0.2) is 42.5 Å². The molecule has 0 unspecified atom stereocenters. The molecule has 2 N–H and O–H groups in total. The number of quaternary nitrogens is 1. The molecule has 0 radical (unpaired) electrons. The van der Waals surface area contributed by atoms with Gasteiger partial charge in [0.1, 0.15) is 23.8 Å². The van der Waals surface area contributed by atoms with Gasteiger partial charge in [0.15, 0.2) is 0 Å². The number of likely N-dealkylation sites (N-methyl/N-ethyl adjacent to an activating group) is 1. The van der Waals surface area contributed by atoms with Gasteiger partial charge in [-0.3, -0.25) is 10.1 Å². The third kappa shape index (κ3) is 5.04. The number of piperazine rings is 1. The van der Waals surface area contributed by atoms with Crippen molar-refractivity contribution in [3.05, 3.63) is 52.6 Å². The monoisotopic (exact) mass is 387 g/mol. The standard InChI is InChI=1S/C20H26N4O4/c1-22-10-12-23(13-11-22)16-3-8-20(24(25)26)19(15-16)21-9-14-28-18-6-4-17(27-2)5-7-18/h3-8,15,21H,9-14H2,1-2H3/p+1. The summed E-state index contributed by atoms with van der Waals surface area (Å²) in [7, 11) is 3.80. The van der Waals surface area contributed by atoms with Crippen molar-refractivity contribution in [1.29, 1.82) is 0 Å². The van der Waals surface area contributed by atoms with E-state index in [2.05, 4.69) is 17.3 Å². The quantitative estimate of drug-likeness (QED) is 0.405. The van der Waals surface area contributed by atoms with Crippen molar-refractivity contribution in [2.75, 3.05) is 63.7 Å². The molecular formula is C20H27N4O4+. The normalized spacial score (nSPS) is 14.6. The van der Waals surface area contributed by atoms with Gasteiger partial charge in [0.2, 0.25) is 0 Å². The molecule has 8 heteroatoms. The Morgan fingerprint density at radius 1 is 1.14 bits per heavy atom. The summed E-state index contributed by atoms with van der Waals surface area (Å²) in [6.45, 7) is 4.88. The summed E-state index contributed by atoms with van der Waals surface area (Å²) in [4.78, 5) is 14.8. The van der Waals surface area contributed by atoms with Gasteiger partial charge >= 0.3 is 0 Å².